The summed E-state index contributed by atoms with van der Waals surface area (Å²) >= 11 is 0. The predicted octanol–water partition coefficient (Wildman–Crippen LogP) is 0.0529. The summed E-state index contributed by atoms with van der Waals surface area (Å²) in [4.78, 5) is 0. The summed E-state index contributed by atoms with van der Waals surface area (Å²) < 4.78 is 12.5. The van der Waals surface area contributed by atoms with E-state index in [1.54, 1.807) is 4.68 Å². The van der Waals surface area contributed by atoms with E-state index >= 15 is 0 Å². The van der Waals surface area contributed by atoms with Gasteiger partial charge < -0.3 is 15.2 Å². The number of hydrogen-bond donors (Lipinski definition) is 1. The second-order valence-electron chi connectivity index (χ2n) is 3.85. The lowest BCUT2D eigenvalue weighted by Gasteiger charge is -2.14. The molecule has 1 aromatic heterocycles. The molecule has 2 heterocycles. The van der Waals surface area contributed by atoms with Crippen LogP contribution in [0.2, 0.25) is 0 Å². The van der Waals surface area contributed by atoms with Crippen molar-refractivity contribution >= 4 is 0 Å². The Labute approximate surface area is 89.2 Å². The zero-order valence-corrected chi connectivity index (χ0v) is 8.93. The number of nitrogens with two attached hydrogens (primary N) is 1. The first-order valence-corrected chi connectivity index (χ1v) is 5.21. The molecule has 1 aliphatic rings. The van der Waals surface area contributed by atoms with Crippen LogP contribution in [0.25, 0.3) is 0 Å². The first kappa shape index (κ1) is 10.6. The van der Waals surface area contributed by atoms with Gasteiger partial charge in [-0.25, -0.2) is 0 Å². The summed E-state index contributed by atoms with van der Waals surface area (Å²) in [5.74, 6) is 0. The largest absolute Gasteiger partial charge is 0.350 e. The third kappa shape index (κ3) is 3.02. The molecule has 5 nitrogen and oxygen atoms in total. The molecule has 0 amide bonds. The maximum Gasteiger partial charge on any atom is 0.159 e. The van der Waals surface area contributed by atoms with E-state index in [2.05, 4.69) is 5.10 Å². The van der Waals surface area contributed by atoms with Crippen molar-refractivity contribution in [2.75, 3.05) is 13.2 Å². The summed E-state index contributed by atoms with van der Waals surface area (Å²) in [5, 5.41) is 4.28. The highest BCUT2D eigenvalue weighted by atomic mass is 16.7. The molecular weight excluding hydrogens is 194 g/mol. The molecule has 1 fully saturated rings. The second kappa shape index (κ2) is 4.74. The Morgan fingerprint density at radius 2 is 2.33 bits per heavy atom. The predicted molar refractivity (Wildman–Crippen MR) is 55.2 cm³/mol. The lowest BCUT2D eigenvalue weighted by atomic mass is 10.1. The summed E-state index contributed by atoms with van der Waals surface area (Å²) in [6.07, 6.45) is 3.30. The van der Waals surface area contributed by atoms with Gasteiger partial charge in [-0.05, 0) is 6.07 Å². The minimum atomic E-state index is -0.122. The normalized spacial score (nSPS) is 19.6. The number of nitrogens with zero attached hydrogens (tertiary/aromatic N) is 2. The summed E-state index contributed by atoms with van der Waals surface area (Å²) in [7, 11) is 1.90. The lowest BCUT2D eigenvalue weighted by molar-refractivity contribution is -0.0505. The average molecular weight is 211 g/mol. The van der Waals surface area contributed by atoms with E-state index in [-0.39, 0.29) is 12.3 Å². The van der Waals surface area contributed by atoms with Gasteiger partial charge in [0.15, 0.2) is 6.29 Å². The molecule has 15 heavy (non-hydrogen) atoms. The van der Waals surface area contributed by atoms with E-state index < -0.39 is 0 Å². The monoisotopic (exact) mass is 211 g/mol. The highest BCUT2D eigenvalue weighted by Crippen LogP contribution is 2.11. The first-order valence-electron chi connectivity index (χ1n) is 5.21. The van der Waals surface area contributed by atoms with Crippen LogP contribution in [-0.2, 0) is 22.9 Å². The molecule has 0 spiro atoms. The highest BCUT2D eigenvalue weighted by molar-refractivity contribution is 5.00. The molecule has 1 aromatic rings. The van der Waals surface area contributed by atoms with Crippen LogP contribution in [0.15, 0.2) is 12.3 Å². The van der Waals surface area contributed by atoms with Crippen molar-refractivity contribution in [1.29, 1.82) is 0 Å². The van der Waals surface area contributed by atoms with Crippen LogP contribution in [0, 0.1) is 0 Å². The molecule has 2 N–H and O–H groups in total. The third-order valence-electron chi connectivity index (χ3n) is 2.43. The molecule has 1 atom stereocenters. The Bertz CT molecular complexity index is 307. The Hall–Kier alpha value is -0.910. The molecule has 1 aliphatic heterocycles. The quantitative estimate of drug-likeness (QED) is 0.764. The van der Waals surface area contributed by atoms with Crippen LogP contribution in [0.4, 0.5) is 0 Å². The minimum Gasteiger partial charge on any atom is -0.350 e. The van der Waals surface area contributed by atoms with E-state index in [0.29, 0.717) is 13.2 Å². The van der Waals surface area contributed by atoms with E-state index in [1.165, 1.54) is 0 Å². The van der Waals surface area contributed by atoms with Gasteiger partial charge in [0.1, 0.15) is 0 Å². The molecule has 84 valence electrons. The number of rotatable bonds is 4. The molecule has 0 aromatic carbocycles. The fourth-order valence-corrected chi connectivity index (χ4v) is 1.71. The smallest absolute Gasteiger partial charge is 0.159 e. The van der Waals surface area contributed by atoms with Gasteiger partial charge in [-0.15, -0.1) is 0 Å². The van der Waals surface area contributed by atoms with E-state index in [9.17, 15) is 0 Å². The summed E-state index contributed by atoms with van der Waals surface area (Å²) in [6.45, 7) is 1.36. The highest BCUT2D eigenvalue weighted by Gasteiger charge is 2.19. The van der Waals surface area contributed by atoms with Gasteiger partial charge >= 0.3 is 0 Å². The van der Waals surface area contributed by atoms with Gasteiger partial charge in [0.25, 0.3) is 0 Å². The molecular formula is C10H17N3O2. The van der Waals surface area contributed by atoms with Gasteiger partial charge in [-0.1, -0.05) is 0 Å². The molecule has 0 radical (unpaired) electrons. The molecule has 1 unspecified atom stereocenters. The zero-order valence-electron chi connectivity index (χ0n) is 8.93. The van der Waals surface area contributed by atoms with Crippen LogP contribution in [-0.4, -0.2) is 35.3 Å². The first-order chi connectivity index (χ1) is 7.24. The number of hydrogen-bond acceptors (Lipinski definition) is 4. The van der Waals surface area contributed by atoms with Crippen molar-refractivity contribution in [2.45, 2.75) is 25.2 Å². The van der Waals surface area contributed by atoms with Crippen molar-refractivity contribution in [1.82, 2.24) is 9.78 Å². The topological polar surface area (TPSA) is 62.3 Å². The van der Waals surface area contributed by atoms with Crippen molar-refractivity contribution < 1.29 is 9.47 Å². The maximum atomic E-state index is 5.99. The second-order valence-corrected chi connectivity index (χ2v) is 3.85. The standard InChI is InChI=1S/C10H17N3O2/c1-13-3-2-9(12-13)6-8(11)7-10-14-4-5-15-10/h2-3,8,10H,4-7,11H2,1H3. The SMILES string of the molecule is Cn1ccc(CC(N)CC2OCCO2)n1. The van der Waals surface area contributed by atoms with Crippen LogP contribution >= 0.6 is 0 Å². The minimum absolute atomic E-state index is 0.0444. The van der Waals surface area contributed by atoms with Crippen LogP contribution in [0.1, 0.15) is 12.1 Å². The van der Waals surface area contributed by atoms with Gasteiger partial charge in [-0.3, -0.25) is 4.68 Å². The molecule has 5 heteroatoms. The van der Waals surface area contributed by atoms with E-state index in [4.69, 9.17) is 15.2 Å². The molecule has 0 bridgehead atoms. The Kier molecular flexibility index (Phi) is 3.35. The van der Waals surface area contributed by atoms with Crippen molar-refractivity contribution in [3.63, 3.8) is 0 Å². The Morgan fingerprint density at radius 1 is 1.60 bits per heavy atom. The fraction of sp³-hybridized carbons (Fsp3) is 0.700. The van der Waals surface area contributed by atoms with E-state index in [0.717, 1.165) is 18.5 Å². The van der Waals surface area contributed by atoms with Crippen molar-refractivity contribution in [3.05, 3.63) is 18.0 Å². The van der Waals surface area contributed by atoms with Gasteiger partial charge in [0, 0.05) is 32.1 Å². The van der Waals surface area contributed by atoms with Crippen molar-refractivity contribution in [3.8, 4) is 0 Å². The summed E-state index contributed by atoms with van der Waals surface area (Å²) in [6, 6.07) is 2.03. The molecule has 0 saturated carbocycles. The van der Waals surface area contributed by atoms with Gasteiger partial charge in [-0.2, -0.15) is 5.10 Å². The zero-order chi connectivity index (χ0) is 10.7. The third-order valence-corrected chi connectivity index (χ3v) is 2.43. The Balaban J connectivity index is 1.78. The van der Waals surface area contributed by atoms with Gasteiger partial charge in [0.2, 0.25) is 0 Å². The molecule has 1 saturated heterocycles. The van der Waals surface area contributed by atoms with Crippen molar-refractivity contribution in [2.24, 2.45) is 12.8 Å². The Morgan fingerprint density at radius 3 is 2.93 bits per heavy atom. The van der Waals surface area contributed by atoms with Crippen LogP contribution in [0.5, 0.6) is 0 Å². The van der Waals surface area contributed by atoms with E-state index in [1.807, 2.05) is 19.3 Å². The van der Waals surface area contributed by atoms with Crippen LogP contribution in [0.3, 0.4) is 0 Å². The average Bonchev–Trinajstić information content (AvgIpc) is 2.77. The maximum absolute atomic E-state index is 5.99. The number of aryl methyl sites for hydroxylation is 1. The fourth-order valence-electron chi connectivity index (χ4n) is 1.71. The number of ether oxygens (including phenoxy) is 2. The van der Waals surface area contributed by atoms with Crippen LogP contribution < -0.4 is 5.73 Å². The number of aromatic nitrogens is 2. The lowest BCUT2D eigenvalue weighted by Crippen LogP contribution is -2.29. The molecule has 2 rings (SSSR count). The van der Waals surface area contributed by atoms with Gasteiger partial charge in [0.05, 0.1) is 18.9 Å². The molecule has 0 aliphatic carbocycles. The summed E-state index contributed by atoms with van der Waals surface area (Å²) in [5.41, 5.74) is 7.00.